The van der Waals surface area contributed by atoms with Crippen LogP contribution >= 0.6 is 15.9 Å². The zero-order chi connectivity index (χ0) is 15.3. The Balaban J connectivity index is 2.14. The van der Waals surface area contributed by atoms with Gasteiger partial charge < -0.3 is 15.2 Å². The summed E-state index contributed by atoms with van der Waals surface area (Å²) < 4.78 is 6.28. The van der Waals surface area contributed by atoms with Crippen LogP contribution in [0.2, 0.25) is 0 Å². The molecule has 2 N–H and O–H groups in total. The van der Waals surface area contributed by atoms with Gasteiger partial charge in [-0.3, -0.25) is 0 Å². The average Bonchev–Trinajstić information content (AvgIpc) is 2.50. The molecule has 0 aliphatic rings. The summed E-state index contributed by atoms with van der Waals surface area (Å²) in [5, 5.41) is 13.2. The minimum absolute atomic E-state index is 0.0419. The number of nitrogens with one attached hydrogen (secondary N) is 1. The van der Waals surface area contributed by atoms with Crippen molar-refractivity contribution >= 4 is 21.6 Å². The first kappa shape index (κ1) is 15.9. The topological polar surface area (TPSA) is 41.5 Å². The molecule has 3 nitrogen and oxygen atoms in total. The highest BCUT2D eigenvalue weighted by atomic mass is 79.9. The van der Waals surface area contributed by atoms with Crippen molar-refractivity contribution in [2.45, 2.75) is 18.9 Å². The minimum Gasteiger partial charge on any atom is -0.497 e. The van der Waals surface area contributed by atoms with Gasteiger partial charge in [0.25, 0.3) is 0 Å². The molecule has 21 heavy (non-hydrogen) atoms. The Kier molecular flexibility index (Phi) is 5.26. The van der Waals surface area contributed by atoms with Crippen LogP contribution in [-0.2, 0) is 6.42 Å². The van der Waals surface area contributed by atoms with E-state index >= 15 is 0 Å². The zero-order valence-corrected chi connectivity index (χ0v) is 13.9. The summed E-state index contributed by atoms with van der Waals surface area (Å²) in [4.78, 5) is 0. The smallest absolute Gasteiger partial charge is 0.120 e. The zero-order valence-electron chi connectivity index (χ0n) is 12.3. The molecule has 0 saturated carbocycles. The second-order valence-corrected chi connectivity index (χ2v) is 6.29. The van der Waals surface area contributed by atoms with Gasteiger partial charge in [0, 0.05) is 16.2 Å². The fourth-order valence-corrected chi connectivity index (χ4v) is 2.51. The Hall–Kier alpha value is -1.52. The molecule has 1 unspecified atom stereocenters. The Bertz CT molecular complexity index is 586. The first-order valence-corrected chi connectivity index (χ1v) is 7.61. The number of methoxy groups -OCH3 is 1. The molecule has 1 atom stereocenters. The van der Waals surface area contributed by atoms with Crippen LogP contribution in [0, 0.1) is 0 Å². The second kappa shape index (κ2) is 6.96. The summed E-state index contributed by atoms with van der Waals surface area (Å²) in [6.45, 7) is 2.05. The van der Waals surface area contributed by atoms with Crippen LogP contribution in [0.1, 0.15) is 12.5 Å². The van der Waals surface area contributed by atoms with E-state index in [1.165, 1.54) is 5.56 Å². The Labute approximate surface area is 134 Å². The molecule has 4 heteroatoms. The van der Waals surface area contributed by atoms with E-state index < -0.39 is 5.54 Å². The van der Waals surface area contributed by atoms with Crippen LogP contribution in [0.5, 0.6) is 5.75 Å². The van der Waals surface area contributed by atoms with Gasteiger partial charge in [-0.05, 0) is 43.2 Å². The SMILES string of the molecule is COc1cccc(NC(C)(CO)Cc2ccc(Br)cc2)c1. The van der Waals surface area contributed by atoms with E-state index in [1.807, 2.05) is 43.3 Å². The number of aliphatic hydroxyl groups is 1. The average molecular weight is 350 g/mol. The monoisotopic (exact) mass is 349 g/mol. The van der Waals surface area contributed by atoms with E-state index in [9.17, 15) is 5.11 Å². The van der Waals surface area contributed by atoms with Gasteiger partial charge in [0.1, 0.15) is 5.75 Å². The van der Waals surface area contributed by atoms with E-state index in [0.717, 1.165) is 22.3 Å². The molecular weight excluding hydrogens is 330 g/mol. The molecular formula is C17H20BrNO2. The van der Waals surface area contributed by atoms with Crippen molar-refractivity contribution in [3.63, 3.8) is 0 Å². The van der Waals surface area contributed by atoms with Crippen LogP contribution in [0.4, 0.5) is 5.69 Å². The quantitative estimate of drug-likeness (QED) is 0.831. The van der Waals surface area contributed by atoms with Crippen molar-refractivity contribution in [2.75, 3.05) is 19.0 Å². The summed E-state index contributed by atoms with van der Waals surface area (Å²) >= 11 is 3.43. The third-order valence-electron chi connectivity index (χ3n) is 3.37. The van der Waals surface area contributed by atoms with Gasteiger partial charge in [-0.25, -0.2) is 0 Å². The molecule has 0 spiro atoms. The van der Waals surface area contributed by atoms with Crippen LogP contribution < -0.4 is 10.1 Å². The molecule has 0 radical (unpaired) electrons. The Morgan fingerprint density at radius 2 is 1.90 bits per heavy atom. The van der Waals surface area contributed by atoms with Gasteiger partial charge in [-0.2, -0.15) is 0 Å². The summed E-state index contributed by atoms with van der Waals surface area (Å²) in [6.07, 6.45) is 0.730. The maximum Gasteiger partial charge on any atom is 0.120 e. The van der Waals surface area contributed by atoms with Crippen molar-refractivity contribution < 1.29 is 9.84 Å². The molecule has 2 rings (SSSR count). The number of hydrogen-bond donors (Lipinski definition) is 2. The Morgan fingerprint density at radius 1 is 1.19 bits per heavy atom. The number of halogens is 1. The highest BCUT2D eigenvalue weighted by Crippen LogP contribution is 2.23. The summed E-state index contributed by atoms with van der Waals surface area (Å²) in [5.41, 5.74) is 1.67. The molecule has 0 bridgehead atoms. The molecule has 112 valence electrons. The molecule has 2 aromatic rings. The molecule has 0 aromatic heterocycles. The summed E-state index contributed by atoms with van der Waals surface area (Å²) in [6, 6.07) is 15.9. The lowest BCUT2D eigenvalue weighted by molar-refractivity contribution is 0.222. The predicted octanol–water partition coefficient (Wildman–Crippen LogP) is 3.86. The maximum absolute atomic E-state index is 9.79. The third kappa shape index (κ3) is 4.48. The van der Waals surface area contributed by atoms with Gasteiger partial charge in [-0.1, -0.05) is 34.1 Å². The minimum atomic E-state index is -0.430. The standard InChI is InChI=1S/C17H20BrNO2/c1-17(12-20,11-13-6-8-14(18)9-7-13)19-15-4-3-5-16(10-15)21-2/h3-10,19-20H,11-12H2,1-2H3. The first-order valence-electron chi connectivity index (χ1n) is 6.82. The summed E-state index contributed by atoms with van der Waals surface area (Å²) in [5.74, 6) is 0.795. The molecule has 2 aromatic carbocycles. The van der Waals surface area contributed by atoms with E-state index in [0.29, 0.717) is 0 Å². The fourth-order valence-electron chi connectivity index (χ4n) is 2.24. The number of hydrogen-bond acceptors (Lipinski definition) is 3. The molecule has 0 aliphatic carbocycles. The number of benzene rings is 2. The van der Waals surface area contributed by atoms with Crippen molar-refractivity contribution in [3.8, 4) is 5.75 Å². The number of anilines is 1. The number of rotatable bonds is 6. The van der Waals surface area contributed by atoms with Crippen LogP contribution in [-0.4, -0.2) is 24.4 Å². The lowest BCUT2D eigenvalue weighted by atomic mass is 9.93. The first-order chi connectivity index (χ1) is 10.0. The van der Waals surface area contributed by atoms with E-state index in [1.54, 1.807) is 7.11 Å². The maximum atomic E-state index is 9.79. The molecule has 0 saturated heterocycles. The molecule has 0 aliphatic heterocycles. The molecule has 0 amide bonds. The fraction of sp³-hybridized carbons (Fsp3) is 0.294. The Morgan fingerprint density at radius 3 is 2.52 bits per heavy atom. The predicted molar refractivity (Wildman–Crippen MR) is 90.0 cm³/mol. The van der Waals surface area contributed by atoms with Gasteiger partial charge in [-0.15, -0.1) is 0 Å². The number of aliphatic hydroxyl groups excluding tert-OH is 1. The molecule has 0 heterocycles. The van der Waals surface area contributed by atoms with Crippen LogP contribution in [0.25, 0.3) is 0 Å². The highest BCUT2D eigenvalue weighted by molar-refractivity contribution is 9.10. The van der Waals surface area contributed by atoms with Crippen molar-refractivity contribution in [1.29, 1.82) is 0 Å². The number of ether oxygens (including phenoxy) is 1. The van der Waals surface area contributed by atoms with E-state index in [-0.39, 0.29) is 6.61 Å². The van der Waals surface area contributed by atoms with Crippen molar-refractivity contribution in [1.82, 2.24) is 0 Å². The normalized spacial score (nSPS) is 13.5. The van der Waals surface area contributed by atoms with Gasteiger partial charge in [0.05, 0.1) is 19.3 Å². The van der Waals surface area contributed by atoms with E-state index in [4.69, 9.17) is 4.74 Å². The lowest BCUT2D eigenvalue weighted by Crippen LogP contribution is -2.41. The van der Waals surface area contributed by atoms with Crippen LogP contribution in [0.15, 0.2) is 53.0 Å². The van der Waals surface area contributed by atoms with Crippen molar-refractivity contribution in [2.24, 2.45) is 0 Å². The van der Waals surface area contributed by atoms with Gasteiger partial charge >= 0.3 is 0 Å². The lowest BCUT2D eigenvalue weighted by Gasteiger charge is -2.30. The largest absolute Gasteiger partial charge is 0.497 e. The van der Waals surface area contributed by atoms with Crippen molar-refractivity contribution in [3.05, 3.63) is 58.6 Å². The van der Waals surface area contributed by atoms with Gasteiger partial charge in [0.2, 0.25) is 0 Å². The third-order valence-corrected chi connectivity index (χ3v) is 3.90. The highest BCUT2D eigenvalue weighted by Gasteiger charge is 2.23. The second-order valence-electron chi connectivity index (χ2n) is 5.38. The van der Waals surface area contributed by atoms with Gasteiger partial charge in [0.15, 0.2) is 0 Å². The summed E-state index contributed by atoms with van der Waals surface area (Å²) in [7, 11) is 1.65. The van der Waals surface area contributed by atoms with Crippen LogP contribution in [0.3, 0.4) is 0 Å². The molecule has 0 fully saturated rings. The van der Waals surface area contributed by atoms with E-state index in [2.05, 4.69) is 33.4 Å².